The van der Waals surface area contributed by atoms with Gasteiger partial charge in [-0.3, -0.25) is 4.79 Å². The molecule has 2 aromatic rings. The number of hydrogen-bond donors (Lipinski definition) is 0. The molecule has 2 aliphatic rings. The van der Waals surface area contributed by atoms with Crippen molar-refractivity contribution in [2.45, 2.75) is 13.0 Å². The fraction of sp³-hybridized carbons (Fsp3) is 0.208. The van der Waals surface area contributed by atoms with Crippen molar-refractivity contribution in [2.75, 3.05) is 12.0 Å². The lowest BCUT2D eigenvalue weighted by molar-refractivity contribution is -0.146. The molecule has 142 valence electrons. The van der Waals surface area contributed by atoms with E-state index in [2.05, 4.69) is 48.2 Å². The number of aryl methyl sites for hydroxylation is 1. The highest BCUT2D eigenvalue weighted by Crippen LogP contribution is 2.51. The highest BCUT2D eigenvalue weighted by molar-refractivity contribution is 6.30. The van der Waals surface area contributed by atoms with Gasteiger partial charge in [-0.25, -0.2) is 0 Å². The minimum Gasteiger partial charge on any atom is -0.469 e. The Labute approximate surface area is 170 Å². The number of fused-ring (bicyclic) bond motifs is 1. The van der Waals surface area contributed by atoms with Crippen LogP contribution in [0.2, 0.25) is 5.02 Å². The first kappa shape index (κ1) is 18.6. The van der Waals surface area contributed by atoms with Crippen molar-refractivity contribution in [3.05, 3.63) is 101 Å². The number of halogens is 1. The SMILES string of the molecule is COC(=O)[C@@H]1C2C=CC=CC=C2N(c2ccc(C)cc2)[C@H]1c1ccc(Cl)cc1. The van der Waals surface area contributed by atoms with E-state index in [1.165, 1.54) is 12.7 Å². The minimum absolute atomic E-state index is 0.0653. The summed E-state index contributed by atoms with van der Waals surface area (Å²) in [6.07, 6.45) is 10.2. The fourth-order valence-corrected chi connectivity index (χ4v) is 4.24. The summed E-state index contributed by atoms with van der Waals surface area (Å²) in [5, 5.41) is 0.675. The molecule has 0 aromatic heterocycles. The molecule has 4 rings (SSSR count). The zero-order valence-electron chi connectivity index (χ0n) is 15.9. The van der Waals surface area contributed by atoms with E-state index in [0.29, 0.717) is 5.02 Å². The normalized spacial score (nSPS) is 23.2. The molecule has 3 atom stereocenters. The van der Waals surface area contributed by atoms with E-state index < -0.39 is 0 Å². The van der Waals surface area contributed by atoms with Crippen molar-refractivity contribution in [1.82, 2.24) is 0 Å². The Bertz CT molecular complexity index is 957. The standard InChI is InChI=1S/C24H22ClNO2/c1-16-8-14-19(15-9-16)26-21-7-5-3-4-6-20(21)22(24(27)28-2)23(26)17-10-12-18(25)13-11-17/h3-15,20,22-23H,1-2H3/t20?,22-,23+/m1/s1. The van der Waals surface area contributed by atoms with Crippen molar-refractivity contribution in [2.24, 2.45) is 11.8 Å². The number of anilines is 1. The first-order valence-corrected chi connectivity index (χ1v) is 9.72. The molecule has 1 aliphatic heterocycles. The third kappa shape index (κ3) is 3.27. The zero-order chi connectivity index (χ0) is 19.7. The van der Waals surface area contributed by atoms with Crippen LogP contribution in [0.5, 0.6) is 0 Å². The summed E-state index contributed by atoms with van der Waals surface area (Å²) in [7, 11) is 1.46. The van der Waals surface area contributed by atoms with Gasteiger partial charge in [0.1, 0.15) is 0 Å². The molecule has 0 radical (unpaired) electrons. The molecule has 2 aromatic carbocycles. The Kier molecular flexibility index (Phi) is 5.10. The molecule has 1 fully saturated rings. The number of esters is 1. The van der Waals surface area contributed by atoms with Crippen LogP contribution in [0.4, 0.5) is 5.69 Å². The van der Waals surface area contributed by atoms with Crippen LogP contribution < -0.4 is 4.90 Å². The average molecular weight is 392 g/mol. The van der Waals surface area contributed by atoms with E-state index in [9.17, 15) is 4.79 Å². The maximum atomic E-state index is 12.9. The molecule has 0 bridgehead atoms. The molecule has 28 heavy (non-hydrogen) atoms. The Morgan fingerprint density at radius 1 is 1.00 bits per heavy atom. The fourth-order valence-electron chi connectivity index (χ4n) is 4.12. The minimum atomic E-state index is -0.352. The predicted molar refractivity (Wildman–Crippen MR) is 113 cm³/mol. The summed E-state index contributed by atoms with van der Waals surface area (Å²) in [4.78, 5) is 15.2. The molecule has 4 heteroatoms. The van der Waals surface area contributed by atoms with Crippen LogP contribution in [0.3, 0.4) is 0 Å². The lowest BCUT2D eigenvalue weighted by Crippen LogP contribution is -2.29. The second-order valence-electron chi connectivity index (χ2n) is 7.14. The molecule has 0 spiro atoms. The number of nitrogens with zero attached hydrogens (tertiary/aromatic N) is 1. The second kappa shape index (κ2) is 7.69. The van der Waals surface area contributed by atoms with E-state index in [1.807, 2.05) is 42.5 Å². The van der Waals surface area contributed by atoms with Gasteiger partial charge in [-0.2, -0.15) is 0 Å². The van der Waals surface area contributed by atoms with E-state index in [4.69, 9.17) is 16.3 Å². The van der Waals surface area contributed by atoms with Gasteiger partial charge in [0.05, 0.1) is 19.1 Å². The third-order valence-electron chi connectivity index (χ3n) is 5.43. The molecule has 1 saturated heterocycles. The number of methoxy groups -OCH3 is 1. The molecule has 0 saturated carbocycles. The van der Waals surface area contributed by atoms with Crippen LogP contribution in [-0.2, 0) is 9.53 Å². The van der Waals surface area contributed by atoms with Gasteiger partial charge in [0.2, 0.25) is 0 Å². The van der Waals surface area contributed by atoms with Crippen LogP contribution in [0.25, 0.3) is 0 Å². The van der Waals surface area contributed by atoms with Crippen molar-refractivity contribution in [1.29, 1.82) is 0 Å². The quantitative estimate of drug-likeness (QED) is 0.635. The van der Waals surface area contributed by atoms with Crippen molar-refractivity contribution < 1.29 is 9.53 Å². The number of carbonyl (C=O) groups is 1. The van der Waals surface area contributed by atoms with Crippen LogP contribution in [0, 0.1) is 18.8 Å². The molecule has 3 nitrogen and oxygen atoms in total. The number of benzene rings is 2. The zero-order valence-corrected chi connectivity index (χ0v) is 16.6. The van der Waals surface area contributed by atoms with E-state index in [0.717, 1.165) is 16.9 Å². The number of rotatable bonds is 3. The van der Waals surface area contributed by atoms with E-state index >= 15 is 0 Å². The third-order valence-corrected chi connectivity index (χ3v) is 5.68. The van der Waals surface area contributed by atoms with Crippen LogP contribution >= 0.6 is 11.6 Å². The Balaban J connectivity index is 1.92. The maximum absolute atomic E-state index is 12.9. The Morgan fingerprint density at radius 3 is 2.39 bits per heavy atom. The molecule has 1 heterocycles. The number of carbonyl (C=O) groups excluding carboxylic acids is 1. The van der Waals surface area contributed by atoms with Gasteiger partial charge in [0.25, 0.3) is 0 Å². The van der Waals surface area contributed by atoms with Crippen molar-refractivity contribution in [3.63, 3.8) is 0 Å². The van der Waals surface area contributed by atoms with Gasteiger partial charge in [-0.05, 0) is 42.8 Å². The van der Waals surface area contributed by atoms with Crippen LogP contribution in [0.15, 0.2) is 84.6 Å². The molecule has 1 unspecified atom stereocenters. The van der Waals surface area contributed by atoms with Crippen molar-refractivity contribution >= 4 is 23.3 Å². The topological polar surface area (TPSA) is 29.5 Å². The summed E-state index contributed by atoms with van der Waals surface area (Å²) in [5.41, 5.74) is 4.37. The lowest BCUT2D eigenvalue weighted by atomic mass is 9.85. The smallest absolute Gasteiger partial charge is 0.312 e. The number of allylic oxidation sites excluding steroid dienone is 5. The Morgan fingerprint density at radius 2 is 1.71 bits per heavy atom. The van der Waals surface area contributed by atoms with E-state index in [-0.39, 0.29) is 23.8 Å². The van der Waals surface area contributed by atoms with Gasteiger partial charge in [-0.1, -0.05) is 65.7 Å². The molecule has 1 aliphatic carbocycles. The Hall–Kier alpha value is -2.78. The summed E-state index contributed by atoms with van der Waals surface area (Å²) < 4.78 is 5.23. The number of hydrogen-bond acceptors (Lipinski definition) is 3. The predicted octanol–water partition coefficient (Wildman–Crippen LogP) is 5.63. The molecule has 0 N–H and O–H groups in total. The molecule has 0 amide bonds. The van der Waals surface area contributed by atoms with Crippen LogP contribution in [-0.4, -0.2) is 13.1 Å². The van der Waals surface area contributed by atoms with Crippen molar-refractivity contribution in [3.8, 4) is 0 Å². The summed E-state index contributed by atoms with van der Waals surface area (Å²) in [6, 6.07) is 16.0. The first-order valence-electron chi connectivity index (χ1n) is 9.34. The van der Waals surface area contributed by atoms with E-state index in [1.54, 1.807) is 0 Å². The monoisotopic (exact) mass is 391 g/mol. The van der Waals surface area contributed by atoms with Crippen LogP contribution in [0.1, 0.15) is 17.2 Å². The largest absolute Gasteiger partial charge is 0.469 e. The number of ether oxygens (including phenoxy) is 1. The highest BCUT2D eigenvalue weighted by atomic mass is 35.5. The molecular formula is C24H22ClNO2. The molecular weight excluding hydrogens is 370 g/mol. The van der Waals surface area contributed by atoms with Gasteiger partial charge in [0.15, 0.2) is 0 Å². The van der Waals surface area contributed by atoms with Gasteiger partial charge < -0.3 is 9.64 Å². The highest BCUT2D eigenvalue weighted by Gasteiger charge is 2.49. The summed E-state index contributed by atoms with van der Waals surface area (Å²) in [6.45, 7) is 2.07. The summed E-state index contributed by atoms with van der Waals surface area (Å²) >= 11 is 6.12. The average Bonchev–Trinajstić information content (AvgIpc) is 2.85. The maximum Gasteiger partial charge on any atom is 0.312 e. The van der Waals surface area contributed by atoms with Gasteiger partial charge in [-0.15, -0.1) is 0 Å². The first-order chi connectivity index (χ1) is 13.6. The lowest BCUT2D eigenvalue weighted by Gasteiger charge is -2.30. The van der Waals surface area contributed by atoms with Gasteiger partial charge in [0, 0.05) is 22.3 Å². The second-order valence-corrected chi connectivity index (χ2v) is 7.57. The van der Waals surface area contributed by atoms with Gasteiger partial charge >= 0.3 is 5.97 Å². The summed E-state index contributed by atoms with van der Waals surface area (Å²) in [5.74, 6) is -0.628.